The van der Waals surface area contributed by atoms with Gasteiger partial charge >= 0.3 is 5.97 Å². The van der Waals surface area contributed by atoms with E-state index in [1.807, 2.05) is 0 Å². The van der Waals surface area contributed by atoms with Crippen LogP contribution in [-0.4, -0.2) is 29.1 Å². The Labute approximate surface area is 120 Å². The van der Waals surface area contributed by atoms with Crippen molar-refractivity contribution in [2.45, 2.75) is 32.2 Å². The Morgan fingerprint density at radius 2 is 2.50 bits per heavy atom. The molecule has 1 aliphatic heterocycles. The summed E-state index contributed by atoms with van der Waals surface area (Å²) < 4.78 is 1.13. The first-order valence-electron chi connectivity index (χ1n) is 6.26. The van der Waals surface area contributed by atoms with Gasteiger partial charge in [-0.3, -0.25) is 9.69 Å². The molecule has 0 aromatic carbocycles. The van der Waals surface area contributed by atoms with Gasteiger partial charge in [-0.05, 0) is 54.2 Å². The lowest BCUT2D eigenvalue weighted by Gasteiger charge is -2.36. The van der Waals surface area contributed by atoms with Gasteiger partial charge in [-0.1, -0.05) is 0 Å². The molecule has 100 valence electrons. The van der Waals surface area contributed by atoms with Gasteiger partial charge in [0, 0.05) is 33.7 Å². The Bertz CT molecular complexity index is 421. The van der Waals surface area contributed by atoms with E-state index < -0.39 is 5.97 Å². The van der Waals surface area contributed by atoms with Crippen LogP contribution >= 0.6 is 27.3 Å². The molecule has 18 heavy (non-hydrogen) atoms. The van der Waals surface area contributed by atoms with E-state index >= 15 is 0 Å². The van der Waals surface area contributed by atoms with Gasteiger partial charge in [0.25, 0.3) is 0 Å². The zero-order valence-electron chi connectivity index (χ0n) is 10.4. The summed E-state index contributed by atoms with van der Waals surface area (Å²) in [6.07, 6.45) is 2.45. The summed E-state index contributed by atoms with van der Waals surface area (Å²) in [5.74, 6) is -0.365. The molecule has 0 aliphatic carbocycles. The monoisotopic (exact) mass is 331 g/mol. The number of halogens is 1. The third-order valence-electron chi connectivity index (χ3n) is 3.56. The van der Waals surface area contributed by atoms with Gasteiger partial charge in [0.2, 0.25) is 0 Å². The number of thiophene rings is 1. The molecule has 0 bridgehead atoms. The fraction of sp³-hybridized carbons (Fsp3) is 0.615. The second-order valence-electron chi connectivity index (χ2n) is 4.94. The Morgan fingerprint density at radius 3 is 3.11 bits per heavy atom. The number of carboxylic acid groups (broad SMARTS) is 1. The second kappa shape index (κ2) is 6.17. The van der Waals surface area contributed by atoms with E-state index in [2.05, 4.69) is 39.2 Å². The summed E-state index contributed by atoms with van der Waals surface area (Å²) >= 11 is 5.24. The Hall–Kier alpha value is -0.390. The number of piperidine rings is 1. The maximum absolute atomic E-state index is 10.8. The smallest absolute Gasteiger partial charge is 0.303 e. The second-order valence-corrected chi connectivity index (χ2v) is 6.80. The number of likely N-dealkylation sites (tertiary alicyclic amines) is 1. The minimum Gasteiger partial charge on any atom is -0.481 e. The molecule has 5 heteroatoms. The molecule has 2 rings (SSSR count). The predicted octanol–water partition coefficient (Wildman–Crippen LogP) is 3.76. The zero-order valence-corrected chi connectivity index (χ0v) is 12.8. The number of carbonyl (C=O) groups is 1. The Balaban J connectivity index is 1.97. The van der Waals surface area contributed by atoms with E-state index in [-0.39, 0.29) is 0 Å². The number of carboxylic acids is 1. The molecule has 0 radical (unpaired) electrons. The van der Waals surface area contributed by atoms with Gasteiger partial charge in [0.1, 0.15) is 0 Å². The Kier molecular flexibility index (Phi) is 4.81. The number of rotatable bonds is 4. The molecule has 0 saturated carbocycles. The molecule has 2 atom stereocenters. The Morgan fingerprint density at radius 1 is 1.72 bits per heavy atom. The lowest BCUT2D eigenvalue weighted by atomic mass is 9.94. The normalized spacial score (nSPS) is 22.9. The molecule has 3 nitrogen and oxygen atoms in total. The standard InChI is InChI=1S/C13H18BrNO2S/c1-9(12-6-11(14)8-18-12)15-4-2-3-10(7-15)5-13(16)17/h6,8-10H,2-5,7H2,1H3,(H,16,17). The molecule has 2 unspecified atom stereocenters. The summed E-state index contributed by atoms with van der Waals surface area (Å²) in [5.41, 5.74) is 0. The summed E-state index contributed by atoms with van der Waals surface area (Å²) in [5, 5.41) is 11.0. The molecule has 0 amide bonds. The first kappa shape index (κ1) is 14.0. The maximum atomic E-state index is 10.8. The molecule has 1 aromatic heterocycles. The molecule has 0 spiro atoms. The fourth-order valence-electron chi connectivity index (χ4n) is 2.59. The maximum Gasteiger partial charge on any atom is 0.303 e. The van der Waals surface area contributed by atoms with Gasteiger partial charge in [0.05, 0.1) is 0 Å². The molecule has 1 aromatic rings. The highest BCUT2D eigenvalue weighted by Gasteiger charge is 2.26. The molecular weight excluding hydrogens is 314 g/mol. The minimum absolute atomic E-state index is 0.303. The molecule has 2 heterocycles. The third kappa shape index (κ3) is 3.56. The van der Waals surface area contributed by atoms with Gasteiger partial charge in [-0.15, -0.1) is 11.3 Å². The van der Waals surface area contributed by atoms with Crippen LogP contribution in [0.1, 0.15) is 37.1 Å². The van der Waals surface area contributed by atoms with Gasteiger partial charge in [-0.2, -0.15) is 0 Å². The highest BCUT2D eigenvalue weighted by atomic mass is 79.9. The van der Waals surface area contributed by atoms with E-state index in [9.17, 15) is 4.79 Å². The van der Waals surface area contributed by atoms with Gasteiger partial charge in [0.15, 0.2) is 0 Å². The molecule has 1 N–H and O–H groups in total. The number of hydrogen-bond acceptors (Lipinski definition) is 3. The van der Waals surface area contributed by atoms with Crippen LogP contribution in [0.3, 0.4) is 0 Å². The predicted molar refractivity (Wildman–Crippen MR) is 77.0 cm³/mol. The lowest BCUT2D eigenvalue weighted by Crippen LogP contribution is -2.37. The number of aliphatic carboxylic acids is 1. The average Bonchev–Trinajstić information content (AvgIpc) is 2.74. The lowest BCUT2D eigenvalue weighted by molar-refractivity contribution is -0.138. The fourth-order valence-corrected chi connectivity index (χ4v) is 4.13. The molecule has 1 saturated heterocycles. The van der Waals surface area contributed by atoms with Crippen molar-refractivity contribution in [2.24, 2.45) is 5.92 Å². The highest BCUT2D eigenvalue weighted by Crippen LogP contribution is 2.32. The summed E-state index contributed by atoms with van der Waals surface area (Å²) in [7, 11) is 0. The molecular formula is C13H18BrNO2S. The van der Waals surface area contributed by atoms with E-state index in [1.54, 1.807) is 11.3 Å². The van der Waals surface area contributed by atoms with Crippen molar-refractivity contribution in [1.29, 1.82) is 0 Å². The number of hydrogen-bond donors (Lipinski definition) is 1. The van der Waals surface area contributed by atoms with Crippen molar-refractivity contribution in [3.8, 4) is 0 Å². The molecule has 1 fully saturated rings. The van der Waals surface area contributed by atoms with Crippen LogP contribution in [0.25, 0.3) is 0 Å². The summed E-state index contributed by atoms with van der Waals surface area (Å²) in [6.45, 7) is 4.19. The third-order valence-corrected chi connectivity index (χ3v) is 5.42. The van der Waals surface area contributed by atoms with Crippen LogP contribution in [0.5, 0.6) is 0 Å². The van der Waals surface area contributed by atoms with Crippen LogP contribution in [0.15, 0.2) is 15.9 Å². The first-order chi connectivity index (χ1) is 8.56. The van der Waals surface area contributed by atoms with Crippen LogP contribution < -0.4 is 0 Å². The van der Waals surface area contributed by atoms with Crippen molar-refractivity contribution in [2.75, 3.05) is 13.1 Å². The minimum atomic E-state index is -0.673. The summed E-state index contributed by atoms with van der Waals surface area (Å²) in [4.78, 5) is 14.6. The van der Waals surface area contributed by atoms with E-state index in [0.717, 1.165) is 30.4 Å². The van der Waals surface area contributed by atoms with Crippen molar-refractivity contribution in [1.82, 2.24) is 4.90 Å². The van der Waals surface area contributed by atoms with Crippen LogP contribution in [0, 0.1) is 5.92 Å². The van der Waals surface area contributed by atoms with Crippen molar-refractivity contribution in [3.05, 3.63) is 20.8 Å². The first-order valence-corrected chi connectivity index (χ1v) is 7.93. The SMILES string of the molecule is CC(c1cc(Br)cs1)N1CCCC(CC(=O)O)C1. The van der Waals surface area contributed by atoms with Crippen molar-refractivity contribution in [3.63, 3.8) is 0 Å². The van der Waals surface area contributed by atoms with Crippen LogP contribution in [0.2, 0.25) is 0 Å². The average molecular weight is 332 g/mol. The van der Waals surface area contributed by atoms with Crippen molar-refractivity contribution >= 4 is 33.2 Å². The molecule has 1 aliphatic rings. The van der Waals surface area contributed by atoms with Crippen LogP contribution in [-0.2, 0) is 4.79 Å². The topological polar surface area (TPSA) is 40.5 Å². The van der Waals surface area contributed by atoms with E-state index in [1.165, 1.54) is 4.88 Å². The van der Waals surface area contributed by atoms with E-state index in [4.69, 9.17) is 5.11 Å². The van der Waals surface area contributed by atoms with Gasteiger partial charge < -0.3 is 5.11 Å². The van der Waals surface area contributed by atoms with Crippen molar-refractivity contribution < 1.29 is 9.90 Å². The van der Waals surface area contributed by atoms with E-state index in [0.29, 0.717) is 18.4 Å². The van der Waals surface area contributed by atoms with Crippen LogP contribution in [0.4, 0.5) is 0 Å². The van der Waals surface area contributed by atoms with Gasteiger partial charge in [-0.25, -0.2) is 0 Å². The summed E-state index contributed by atoms with van der Waals surface area (Å²) in [6, 6.07) is 2.55. The quantitative estimate of drug-likeness (QED) is 0.913. The largest absolute Gasteiger partial charge is 0.481 e. The highest BCUT2D eigenvalue weighted by molar-refractivity contribution is 9.10. The number of nitrogens with zero attached hydrogens (tertiary/aromatic N) is 1. The zero-order chi connectivity index (χ0) is 13.1.